The van der Waals surface area contributed by atoms with Crippen molar-refractivity contribution >= 4 is 60.3 Å². The van der Waals surface area contributed by atoms with E-state index in [-0.39, 0.29) is 31.3 Å². The molecule has 0 bridgehead atoms. The molecule has 2 N–H and O–H groups in total. The number of hydrogen-bond acceptors (Lipinski definition) is 8. The number of sulfone groups is 1. The predicted octanol–water partition coefficient (Wildman–Crippen LogP) is 3.77. The lowest BCUT2D eigenvalue weighted by Gasteiger charge is -2.14. The Morgan fingerprint density at radius 2 is 1.81 bits per heavy atom. The normalized spacial score (nSPS) is 12.0. The molecule has 0 unspecified atom stereocenters. The van der Waals surface area contributed by atoms with Gasteiger partial charge in [-0.3, -0.25) is 4.79 Å². The third kappa shape index (κ3) is 4.61. The van der Waals surface area contributed by atoms with E-state index >= 15 is 0 Å². The first-order valence-electron chi connectivity index (χ1n) is 8.66. The van der Waals surface area contributed by atoms with Gasteiger partial charge in [-0.05, 0) is 49.4 Å². The molecule has 0 aliphatic rings. The Balaban J connectivity index is 1.94. The summed E-state index contributed by atoms with van der Waals surface area (Å²) >= 11 is 6.87. The standard InChI is InChI=1S/C18H18ClN3O6S3/c1-9-5-6-12(10(2)16(9)30(4,24)25)20-17(23)15-13(7-8-29-15)31(26,27)22-18-14(19)11(3)21-28-18/h5-8,22H,1-4H3,(H,20,23). The zero-order valence-electron chi connectivity index (χ0n) is 16.8. The van der Waals surface area contributed by atoms with Gasteiger partial charge in [-0.15, -0.1) is 11.3 Å². The first-order valence-corrected chi connectivity index (χ1v) is 13.3. The minimum absolute atomic E-state index is 0.00777. The molecule has 9 nitrogen and oxygen atoms in total. The van der Waals surface area contributed by atoms with Gasteiger partial charge < -0.3 is 9.84 Å². The first kappa shape index (κ1) is 23.3. The average Bonchev–Trinajstić information content (AvgIpc) is 3.26. The third-order valence-corrected chi connectivity index (χ3v) is 8.60. The molecule has 0 saturated carbocycles. The van der Waals surface area contributed by atoms with Crippen LogP contribution in [0.2, 0.25) is 5.02 Å². The number of anilines is 2. The molecular weight excluding hydrogens is 486 g/mol. The minimum atomic E-state index is -4.21. The Labute approximate surface area is 188 Å². The number of aromatic nitrogens is 1. The number of nitrogens with zero attached hydrogens (tertiary/aromatic N) is 1. The summed E-state index contributed by atoms with van der Waals surface area (Å²) in [6.45, 7) is 4.77. The largest absolute Gasteiger partial charge is 0.336 e. The van der Waals surface area contributed by atoms with E-state index in [2.05, 4.69) is 15.2 Å². The van der Waals surface area contributed by atoms with Crippen molar-refractivity contribution in [2.24, 2.45) is 0 Å². The number of rotatable bonds is 6. The highest BCUT2D eigenvalue weighted by Crippen LogP contribution is 2.31. The van der Waals surface area contributed by atoms with Crippen molar-refractivity contribution in [1.29, 1.82) is 0 Å². The van der Waals surface area contributed by atoms with E-state index < -0.39 is 25.8 Å². The van der Waals surface area contributed by atoms with Gasteiger partial charge in [-0.2, -0.15) is 0 Å². The second-order valence-corrected chi connectivity index (χ2v) is 11.6. The van der Waals surface area contributed by atoms with Crippen LogP contribution in [0, 0.1) is 20.8 Å². The van der Waals surface area contributed by atoms with Crippen molar-refractivity contribution in [3.05, 3.63) is 50.3 Å². The molecule has 0 fully saturated rings. The SMILES string of the molecule is Cc1ccc(NC(=O)c2sccc2S(=O)(=O)Nc2onc(C)c2Cl)c(C)c1S(C)(=O)=O. The molecule has 0 aliphatic carbocycles. The van der Waals surface area contributed by atoms with Crippen molar-refractivity contribution in [2.45, 2.75) is 30.6 Å². The maximum atomic E-state index is 12.9. The summed E-state index contributed by atoms with van der Waals surface area (Å²) < 4.78 is 56.8. The van der Waals surface area contributed by atoms with Crippen LogP contribution in [0.1, 0.15) is 26.5 Å². The van der Waals surface area contributed by atoms with Crippen LogP contribution in [-0.4, -0.2) is 34.2 Å². The highest BCUT2D eigenvalue weighted by molar-refractivity contribution is 7.93. The molecule has 1 amide bonds. The lowest BCUT2D eigenvalue weighted by Crippen LogP contribution is -2.19. The van der Waals surface area contributed by atoms with Crippen LogP contribution in [0.3, 0.4) is 0 Å². The van der Waals surface area contributed by atoms with Crippen LogP contribution in [-0.2, 0) is 19.9 Å². The van der Waals surface area contributed by atoms with E-state index in [0.717, 1.165) is 17.6 Å². The van der Waals surface area contributed by atoms with Crippen molar-refractivity contribution in [3.63, 3.8) is 0 Å². The van der Waals surface area contributed by atoms with Gasteiger partial charge in [-0.1, -0.05) is 22.8 Å². The number of carbonyl (C=O) groups excluding carboxylic acids is 1. The zero-order chi connectivity index (χ0) is 23.1. The molecule has 0 spiro atoms. The number of carbonyl (C=O) groups is 1. The molecule has 0 atom stereocenters. The number of thiophene rings is 1. The van der Waals surface area contributed by atoms with E-state index in [1.807, 2.05) is 0 Å². The quantitative estimate of drug-likeness (QED) is 0.522. The van der Waals surface area contributed by atoms with Crippen LogP contribution in [0.5, 0.6) is 0 Å². The van der Waals surface area contributed by atoms with Gasteiger partial charge in [0.05, 0.1) is 4.90 Å². The van der Waals surface area contributed by atoms with Crippen LogP contribution in [0.15, 0.2) is 37.9 Å². The number of amides is 1. The Morgan fingerprint density at radius 3 is 2.39 bits per heavy atom. The monoisotopic (exact) mass is 503 g/mol. The zero-order valence-corrected chi connectivity index (χ0v) is 20.0. The number of sulfonamides is 1. The average molecular weight is 504 g/mol. The summed E-state index contributed by atoms with van der Waals surface area (Å²) in [6, 6.07) is 4.40. The van der Waals surface area contributed by atoms with E-state index in [4.69, 9.17) is 16.1 Å². The molecule has 3 aromatic rings. The van der Waals surface area contributed by atoms with Gasteiger partial charge >= 0.3 is 0 Å². The maximum absolute atomic E-state index is 12.9. The number of aryl methyl sites for hydroxylation is 2. The summed E-state index contributed by atoms with van der Waals surface area (Å²) in [4.78, 5) is 12.6. The third-order valence-electron chi connectivity index (χ3n) is 4.36. The molecule has 0 radical (unpaired) electrons. The van der Waals surface area contributed by atoms with Crippen LogP contribution in [0.4, 0.5) is 11.6 Å². The first-order chi connectivity index (χ1) is 14.3. The second-order valence-electron chi connectivity index (χ2n) is 6.74. The lowest BCUT2D eigenvalue weighted by atomic mass is 10.1. The molecule has 31 heavy (non-hydrogen) atoms. The van der Waals surface area contributed by atoms with Gasteiger partial charge in [0.2, 0.25) is 0 Å². The lowest BCUT2D eigenvalue weighted by molar-refractivity contribution is 0.102. The van der Waals surface area contributed by atoms with Crippen LogP contribution in [0.25, 0.3) is 0 Å². The van der Waals surface area contributed by atoms with Crippen molar-refractivity contribution in [2.75, 3.05) is 16.3 Å². The van der Waals surface area contributed by atoms with Gasteiger partial charge in [0.1, 0.15) is 20.5 Å². The van der Waals surface area contributed by atoms with E-state index in [1.54, 1.807) is 32.9 Å². The highest BCUT2D eigenvalue weighted by Gasteiger charge is 2.27. The topological polar surface area (TPSA) is 135 Å². The Hall–Kier alpha value is -2.41. The molecule has 13 heteroatoms. The molecule has 3 rings (SSSR count). The second kappa shape index (κ2) is 8.26. The fourth-order valence-electron chi connectivity index (χ4n) is 2.99. The molecule has 166 valence electrons. The predicted molar refractivity (Wildman–Crippen MR) is 118 cm³/mol. The number of hydrogen-bond donors (Lipinski definition) is 2. The van der Waals surface area contributed by atoms with Gasteiger partial charge in [0.15, 0.2) is 9.84 Å². The van der Waals surface area contributed by atoms with Gasteiger partial charge in [0.25, 0.3) is 21.8 Å². The summed E-state index contributed by atoms with van der Waals surface area (Å²) in [5, 5.41) is 7.63. The van der Waals surface area contributed by atoms with Crippen molar-refractivity contribution in [3.8, 4) is 0 Å². The van der Waals surface area contributed by atoms with Crippen LogP contribution >= 0.6 is 22.9 Å². The molecule has 0 saturated heterocycles. The van der Waals surface area contributed by atoms with E-state index in [9.17, 15) is 21.6 Å². The molecule has 0 aliphatic heterocycles. The maximum Gasteiger partial charge on any atom is 0.267 e. The fourth-order valence-corrected chi connectivity index (χ4v) is 6.80. The summed E-state index contributed by atoms with van der Waals surface area (Å²) in [5.41, 5.74) is 1.47. The molecular formula is C18H18ClN3O6S3. The summed E-state index contributed by atoms with van der Waals surface area (Å²) in [5.74, 6) is -0.967. The van der Waals surface area contributed by atoms with Gasteiger partial charge in [-0.25, -0.2) is 21.6 Å². The fraction of sp³-hybridized carbons (Fsp3) is 0.222. The van der Waals surface area contributed by atoms with Gasteiger partial charge in [0, 0.05) is 11.9 Å². The van der Waals surface area contributed by atoms with E-state index in [1.165, 1.54) is 11.4 Å². The Bertz CT molecular complexity index is 1390. The Morgan fingerprint density at radius 1 is 1.13 bits per heavy atom. The van der Waals surface area contributed by atoms with E-state index in [0.29, 0.717) is 16.8 Å². The Kier molecular flexibility index (Phi) is 6.20. The summed E-state index contributed by atoms with van der Waals surface area (Å²) in [6.07, 6.45) is 1.08. The number of nitrogens with one attached hydrogen (secondary N) is 2. The smallest absolute Gasteiger partial charge is 0.267 e. The highest BCUT2D eigenvalue weighted by atomic mass is 35.5. The number of benzene rings is 1. The summed E-state index contributed by atoms with van der Waals surface area (Å²) in [7, 11) is -7.74. The molecule has 1 aromatic carbocycles. The van der Waals surface area contributed by atoms with Crippen LogP contribution < -0.4 is 10.0 Å². The molecule has 2 aromatic heterocycles. The minimum Gasteiger partial charge on any atom is -0.336 e. The van der Waals surface area contributed by atoms with Crippen molar-refractivity contribution < 1.29 is 26.2 Å². The van der Waals surface area contributed by atoms with Crippen molar-refractivity contribution in [1.82, 2.24) is 5.16 Å². The molecule has 2 heterocycles. The number of halogens is 1.